The number of rotatable bonds is 1. The van der Waals surface area contributed by atoms with Gasteiger partial charge in [-0.25, -0.2) is 0 Å². The van der Waals surface area contributed by atoms with Crippen LogP contribution in [0.15, 0.2) is 22.7 Å². The summed E-state index contributed by atoms with van der Waals surface area (Å²) in [6.07, 6.45) is 3.76. The van der Waals surface area contributed by atoms with Crippen LogP contribution in [0.3, 0.4) is 0 Å². The van der Waals surface area contributed by atoms with E-state index in [1.165, 1.54) is 12.5 Å². The fourth-order valence-corrected chi connectivity index (χ4v) is 4.88. The summed E-state index contributed by atoms with van der Waals surface area (Å²) in [5, 5.41) is 2.97. The smallest absolute Gasteiger partial charge is 0.232 e. The summed E-state index contributed by atoms with van der Waals surface area (Å²) < 4.78 is 1.06. The van der Waals surface area contributed by atoms with Crippen LogP contribution in [-0.2, 0) is 16.0 Å². The molecule has 0 aromatic heterocycles. The van der Waals surface area contributed by atoms with Crippen molar-refractivity contribution >= 4 is 33.4 Å². The van der Waals surface area contributed by atoms with Crippen LogP contribution in [0.2, 0.25) is 0 Å². The van der Waals surface area contributed by atoms with Crippen LogP contribution in [0.1, 0.15) is 31.7 Å². The molecule has 0 radical (unpaired) electrons. The van der Waals surface area contributed by atoms with Gasteiger partial charge in [-0.2, -0.15) is 0 Å². The SMILES string of the molecule is CC(=O)N[C@H]1C[C@]23CCc4cc(Br)ccc4N2C(=O)[C@H]1C3. The second-order valence-corrected chi connectivity index (χ2v) is 7.41. The minimum absolute atomic E-state index is 0.0169. The minimum Gasteiger partial charge on any atom is -0.353 e. The van der Waals surface area contributed by atoms with Gasteiger partial charge in [0.2, 0.25) is 11.8 Å². The molecule has 1 N–H and O–H groups in total. The van der Waals surface area contributed by atoms with Crippen LogP contribution < -0.4 is 10.2 Å². The van der Waals surface area contributed by atoms with Gasteiger partial charge in [-0.3, -0.25) is 9.59 Å². The quantitative estimate of drug-likeness (QED) is 0.847. The maximum atomic E-state index is 12.8. The van der Waals surface area contributed by atoms with E-state index in [9.17, 15) is 9.59 Å². The average Bonchev–Trinajstić information content (AvgIpc) is 2.90. The van der Waals surface area contributed by atoms with Crippen molar-refractivity contribution in [1.29, 1.82) is 0 Å². The average molecular weight is 349 g/mol. The molecule has 1 spiro atoms. The number of amides is 2. The van der Waals surface area contributed by atoms with Crippen LogP contribution in [-0.4, -0.2) is 23.4 Å². The van der Waals surface area contributed by atoms with Crippen molar-refractivity contribution in [3.63, 3.8) is 0 Å². The highest BCUT2D eigenvalue weighted by molar-refractivity contribution is 9.10. The Bertz CT molecular complexity index is 660. The number of aryl methyl sites for hydroxylation is 1. The second-order valence-electron chi connectivity index (χ2n) is 6.49. The number of anilines is 1. The van der Waals surface area contributed by atoms with Crippen molar-refractivity contribution in [2.75, 3.05) is 4.90 Å². The van der Waals surface area contributed by atoms with E-state index in [1.54, 1.807) is 0 Å². The number of nitrogens with one attached hydrogen (secondary N) is 1. The Kier molecular flexibility index (Phi) is 2.74. The maximum Gasteiger partial charge on any atom is 0.232 e. The molecule has 2 fully saturated rings. The first-order valence-corrected chi connectivity index (χ1v) is 8.19. The molecule has 110 valence electrons. The lowest BCUT2D eigenvalue weighted by Crippen LogP contribution is -2.56. The lowest BCUT2D eigenvalue weighted by Gasteiger charge is -2.45. The van der Waals surface area contributed by atoms with E-state index in [1.807, 2.05) is 17.0 Å². The summed E-state index contributed by atoms with van der Waals surface area (Å²) >= 11 is 3.50. The van der Waals surface area contributed by atoms with Gasteiger partial charge >= 0.3 is 0 Å². The summed E-state index contributed by atoms with van der Waals surface area (Å²) in [5.74, 6) is 0.0928. The normalized spacial score (nSPS) is 32.9. The maximum absolute atomic E-state index is 12.8. The second kappa shape index (κ2) is 4.32. The Morgan fingerprint density at radius 2 is 2.24 bits per heavy atom. The molecule has 1 saturated carbocycles. The molecule has 2 heterocycles. The molecule has 1 saturated heterocycles. The molecule has 4 nitrogen and oxygen atoms in total. The number of hydrogen-bond acceptors (Lipinski definition) is 2. The van der Waals surface area contributed by atoms with E-state index in [0.717, 1.165) is 35.8 Å². The molecule has 3 aliphatic rings. The third-order valence-corrected chi connectivity index (χ3v) is 5.72. The van der Waals surface area contributed by atoms with Crippen LogP contribution in [0.25, 0.3) is 0 Å². The van der Waals surface area contributed by atoms with Gasteiger partial charge in [0.1, 0.15) is 0 Å². The molecule has 0 unspecified atom stereocenters. The Labute approximate surface area is 132 Å². The van der Waals surface area contributed by atoms with Crippen LogP contribution in [0, 0.1) is 5.92 Å². The van der Waals surface area contributed by atoms with Crippen LogP contribution in [0.5, 0.6) is 0 Å². The topological polar surface area (TPSA) is 49.4 Å². The van der Waals surface area contributed by atoms with Crippen molar-refractivity contribution in [2.24, 2.45) is 5.92 Å². The Morgan fingerprint density at radius 3 is 3.00 bits per heavy atom. The van der Waals surface area contributed by atoms with Gasteiger partial charge in [-0.05, 0) is 49.4 Å². The first kappa shape index (κ1) is 13.3. The molecule has 3 atom stereocenters. The summed E-state index contributed by atoms with van der Waals surface area (Å²) in [6.45, 7) is 1.53. The molecule has 2 bridgehead atoms. The van der Waals surface area contributed by atoms with E-state index in [2.05, 4.69) is 27.3 Å². The molecular formula is C16H17BrN2O2. The number of benzene rings is 1. The zero-order valence-electron chi connectivity index (χ0n) is 11.9. The number of hydrogen-bond donors (Lipinski definition) is 1. The van der Waals surface area contributed by atoms with Crippen molar-refractivity contribution in [3.05, 3.63) is 28.2 Å². The first-order valence-electron chi connectivity index (χ1n) is 7.40. The van der Waals surface area contributed by atoms with Crippen molar-refractivity contribution in [1.82, 2.24) is 5.32 Å². The zero-order valence-corrected chi connectivity index (χ0v) is 13.4. The minimum atomic E-state index is -0.0737. The van der Waals surface area contributed by atoms with Crippen molar-refractivity contribution in [3.8, 4) is 0 Å². The zero-order chi connectivity index (χ0) is 14.8. The highest BCUT2D eigenvalue weighted by Crippen LogP contribution is 2.54. The monoisotopic (exact) mass is 348 g/mol. The highest BCUT2D eigenvalue weighted by Gasteiger charge is 2.61. The van der Waals surface area contributed by atoms with E-state index < -0.39 is 0 Å². The summed E-state index contributed by atoms with van der Waals surface area (Å²) in [5.41, 5.74) is 2.24. The first-order chi connectivity index (χ1) is 10.00. The van der Waals surface area contributed by atoms with Gasteiger partial charge in [0.15, 0.2) is 0 Å². The summed E-state index contributed by atoms with van der Waals surface area (Å²) in [7, 11) is 0. The van der Waals surface area contributed by atoms with E-state index >= 15 is 0 Å². The molecule has 1 aromatic rings. The third-order valence-electron chi connectivity index (χ3n) is 5.23. The van der Waals surface area contributed by atoms with Gasteiger partial charge in [0.25, 0.3) is 0 Å². The number of halogens is 1. The molecule has 1 aromatic carbocycles. The predicted molar refractivity (Wildman–Crippen MR) is 83.0 cm³/mol. The van der Waals surface area contributed by atoms with Crippen molar-refractivity contribution < 1.29 is 9.59 Å². The lowest BCUT2D eigenvalue weighted by atomic mass is 9.83. The Hall–Kier alpha value is -1.36. The number of fused-ring (bicyclic) bond motifs is 3. The summed E-state index contributed by atoms with van der Waals surface area (Å²) in [4.78, 5) is 26.2. The van der Waals surface area contributed by atoms with Gasteiger partial charge in [0.05, 0.1) is 11.5 Å². The van der Waals surface area contributed by atoms with Crippen LogP contribution in [0.4, 0.5) is 5.69 Å². The number of nitrogens with zero attached hydrogens (tertiary/aromatic N) is 1. The van der Waals surface area contributed by atoms with Crippen LogP contribution >= 0.6 is 15.9 Å². The fourth-order valence-electron chi connectivity index (χ4n) is 4.47. The molecule has 5 heteroatoms. The van der Waals surface area contributed by atoms with Gasteiger partial charge in [0, 0.05) is 23.1 Å². The third kappa shape index (κ3) is 1.79. The molecular weight excluding hydrogens is 332 g/mol. The van der Waals surface area contributed by atoms with Crippen molar-refractivity contribution in [2.45, 2.75) is 44.2 Å². The van der Waals surface area contributed by atoms with E-state index in [4.69, 9.17) is 0 Å². The Morgan fingerprint density at radius 1 is 1.43 bits per heavy atom. The number of piperidine rings is 1. The Balaban J connectivity index is 1.73. The number of carbonyl (C=O) groups excluding carboxylic acids is 2. The predicted octanol–water partition coefficient (Wildman–Crippen LogP) is 2.40. The molecule has 2 aliphatic heterocycles. The lowest BCUT2D eigenvalue weighted by molar-refractivity contribution is -0.124. The number of carbonyl (C=O) groups is 2. The molecule has 1 aliphatic carbocycles. The molecule has 21 heavy (non-hydrogen) atoms. The van der Waals surface area contributed by atoms with Gasteiger partial charge in [-0.15, -0.1) is 0 Å². The highest BCUT2D eigenvalue weighted by atomic mass is 79.9. The van der Waals surface area contributed by atoms with Gasteiger partial charge in [-0.1, -0.05) is 15.9 Å². The fraction of sp³-hybridized carbons (Fsp3) is 0.500. The van der Waals surface area contributed by atoms with E-state index in [-0.39, 0.29) is 29.3 Å². The van der Waals surface area contributed by atoms with Gasteiger partial charge < -0.3 is 10.2 Å². The largest absolute Gasteiger partial charge is 0.353 e. The summed E-state index contributed by atoms with van der Waals surface area (Å²) in [6, 6.07) is 6.19. The molecule has 4 rings (SSSR count). The van der Waals surface area contributed by atoms with E-state index in [0.29, 0.717) is 0 Å². The molecule has 2 amide bonds. The standard InChI is InChI=1S/C16H17BrN2O2/c1-9(20)18-13-8-16-5-4-10-6-11(17)2-3-14(10)19(16)15(21)12(13)7-16/h2-3,6,12-13H,4-5,7-8H2,1H3,(H,18,20)/t12-,13-,16+/m0/s1.